The summed E-state index contributed by atoms with van der Waals surface area (Å²) in [5.41, 5.74) is 5.76. The monoisotopic (exact) mass is 277 g/mol. The van der Waals surface area contributed by atoms with Crippen LogP contribution in [0.2, 0.25) is 0 Å². The van der Waals surface area contributed by atoms with Gasteiger partial charge in [0, 0.05) is 5.92 Å². The molecule has 3 unspecified atom stereocenters. The van der Waals surface area contributed by atoms with E-state index in [-0.39, 0.29) is 24.8 Å². The van der Waals surface area contributed by atoms with Gasteiger partial charge < -0.3 is 10.2 Å². The molecule has 0 bridgehead atoms. The van der Waals surface area contributed by atoms with E-state index in [0.717, 1.165) is 0 Å². The van der Waals surface area contributed by atoms with E-state index < -0.39 is 12.1 Å². The molecule has 1 fully saturated rings. The minimum atomic E-state index is -4.14. The lowest BCUT2D eigenvalue weighted by atomic mass is 9.81. The Kier molecular flexibility index (Phi) is 4.13. The van der Waals surface area contributed by atoms with Crippen LogP contribution >= 0.6 is 0 Å². The molecule has 0 aromatic carbocycles. The Hall–Kier alpha value is -1.11. The summed E-state index contributed by atoms with van der Waals surface area (Å²) in [6.07, 6.45) is -2.07. The first-order valence-corrected chi connectivity index (χ1v) is 6.57. The Morgan fingerprint density at radius 1 is 1.37 bits per heavy atom. The first-order chi connectivity index (χ1) is 8.91. The van der Waals surface area contributed by atoms with Gasteiger partial charge in [0.15, 0.2) is 0 Å². The van der Waals surface area contributed by atoms with Crippen LogP contribution in [0.5, 0.6) is 0 Å². The molecule has 0 radical (unpaired) electrons. The summed E-state index contributed by atoms with van der Waals surface area (Å²) in [6.45, 7) is 1.88. The fourth-order valence-electron chi connectivity index (χ4n) is 2.45. The second-order valence-electron chi connectivity index (χ2n) is 5.10. The van der Waals surface area contributed by atoms with Gasteiger partial charge in [-0.05, 0) is 25.7 Å². The van der Waals surface area contributed by atoms with E-state index in [0.29, 0.717) is 31.0 Å². The van der Waals surface area contributed by atoms with Crippen LogP contribution in [0.15, 0.2) is 4.42 Å². The lowest BCUT2D eigenvalue weighted by Gasteiger charge is -2.28. The number of halogens is 3. The molecule has 1 heterocycles. The molecule has 1 aromatic rings. The zero-order valence-electron chi connectivity index (χ0n) is 10.8. The van der Waals surface area contributed by atoms with Crippen molar-refractivity contribution in [1.82, 2.24) is 10.2 Å². The molecular weight excluding hydrogens is 259 g/mol. The van der Waals surface area contributed by atoms with Crippen LogP contribution in [0.4, 0.5) is 13.2 Å². The predicted molar refractivity (Wildman–Crippen MR) is 62.3 cm³/mol. The Morgan fingerprint density at radius 2 is 2.11 bits per heavy atom. The maximum Gasteiger partial charge on any atom is 0.391 e. The third-order valence-electron chi connectivity index (χ3n) is 3.70. The van der Waals surface area contributed by atoms with Gasteiger partial charge in [-0.3, -0.25) is 0 Å². The van der Waals surface area contributed by atoms with Crippen LogP contribution in [0, 0.1) is 5.92 Å². The third kappa shape index (κ3) is 3.26. The Bertz CT molecular complexity index is 419. The van der Waals surface area contributed by atoms with Gasteiger partial charge in [0.05, 0.1) is 12.0 Å². The van der Waals surface area contributed by atoms with E-state index in [2.05, 4.69) is 10.2 Å². The topological polar surface area (TPSA) is 64.9 Å². The van der Waals surface area contributed by atoms with Gasteiger partial charge >= 0.3 is 6.18 Å². The van der Waals surface area contributed by atoms with Gasteiger partial charge in [-0.15, -0.1) is 10.2 Å². The van der Waals surface area contributed by atoms with Gasteiger partial charge in [-0.1, -0.05) is 13.3 Å². The van der Waals surface area contributed by atoms with Crippen molar-refractivity contribution in [3.8, 4) is 0 Å². The van der Waals surface area contributed by atoms with Crippen LogP contribution in [0.3, 0.4) is 0 Å². The molecule has 19 heavy (non-hydrogen) atoms. The number of hydrogen-bond acceptors (Lipinski definition) is 4. The van der Waals surface area contributed by atoms with E-state index in [1.165, 1.54) is 0 Å². The second-order valence-corrected chi connectivity index (χ2v) is 5.10. The standard InChI is InChI=1S/C12H18F3N3O/c1-2-9(16)11-18-17-10(19-11)7-4-3-5-8(6-7)12(13,14)15/h7-9H,2-6,16H2,1H3. The quantitative estimate of drug-likeness (QED) is 0.920. The van der Waals surface area contributed by atoms with Crippen LogP contribution in [-0.4, -0.2) is 16.4 Å². The number of nitrogens with zero attached hydrogens (tertiary/aromatic N) is 2. The number of aromatic nitrogens is 2. The number of nitrogens with two attached hydrogens (primary N) is 1. The summed E-state index contributed by atoms with van der Waals surface area (Å²) >= 11 is 0. The molecule has 108 valence electrons. The van der Waals surface area contributed by atoms with Crippen molar-refractivity contribution in [2.24, 2.45) is 11.7 Å². The molecule has 1 aromatic heterocycles. The lowest BCUT2D eigenvalue weighted by molar-refractivity contribution is -0.183. The summed E-state index contributed by atoms with van der Waals surface area (Å²) in [5.74, 6) is -0.952. The molecule has 7 heteroatoms. The van der Waals surface area contributed by atoms with Gasteiger partial charge in [0.25, 0.3) is 0 Å². The Morgan fingerprint density at radius 3 is 2.74 bits per heavy atom. The number of hydrogen-bond donors (Lipinski definition) is 1. The Labute approximate surface area is 109 Å². The van der Waals surface area contributed by atoms with E-state index in [1.807, 2.05) is 6.92 Å². The van der Waals surface area contributed by atoms with Crippen LogP contribution in [-0.2, 0) is 0 Å². The van der Waals surface area contributed by atoms with E-state index in [4.69, 9.17) is 10.2 Å². The van der Waals surface area contributed by atoms with E-state index in [9.17, 15) is 13.2 Å². The molecular formula is C12H18F3N3O. The second kappa shape index (κ2) is 5.48. The highest BCUT2D eigenvalue weighted by Crippen LogP contribution is 2.43. The fourth-order valence-corrected chi connectivity index (χ4v) is 2.45. The lowest BCUT2D eigenvalue weighted by Crippen LogP contribution is -2.28. The first-order valence-electron chi connectivity index (χ1n) is 6.57. The van der Waals surface area contributed by atoms with Crippen molar-refractivity contribution in [1.29, 1.82) is 0 Å². The zero-order chi connectivity index (χ0) is 14.0. The maximum absolute atomic E-state index is 12.7. The van der Waals surface area contributed by atoms with Crippen LogP contribution < -0.4 is 5.73 Å². The highest BCUT2D eigenvalue weighted by molar-refractivity contribution is 4.97. The van der Waals surface area contributed by atoms with Gasteiger partial charge in [0.2, 0.25) is 11.8 Å². The summed E-state index contributed by atoms with van der Waals surface area (Å²) in [7, 11) is 0. The molecule has 0 amide bonds. The van der Waals surface area contributed by atoms with Gasteiger partial charge in [-0.2, -0.15) is 13.2 Å². The largest absolute Gasteiger partial charge is 0.423 e. The maximum atomic E-state index is 12.7. The molecule has 0 spiro atoms. The van der Waals surface area contributed by atoms with Gasteiger partial charge in [-0.25, -0.2) is 0 Å². The zero-order valence-corrected chi connectivity index (χ0v) is 10.8. The summed E-state index contributed by atoms with van der Waals surface area (Å²) in [6, 6.07) is -0.344. The van der Waals surface area contributed by atoms with Gasteiger partial charge in [0.1, 0.15) is 0 Å². The summed E-state index contributed by atoms with van der Waals surface area (Å²) < 4.78 is 43.6. The minimum Gasteiger partial charge on any atom is -0.423 e. The van der Waals surface area contributed by atoms with E-state index >= 15 is 0 Å². The smallest absolute Gasteiger partial charge is 0.391 e. The molecule has 2 N–H and O–H groups in total. The SMILES string of the molecule is CCC(N)c1nnc(C2CCCC(C(F)(F)F)C2)o1. The Balaban J connectivity index is 2.07. The van der Waals surface area contributed by atoms with Crippen molar-refractivity contribution in [3.05, 3.63) is 11.8 Å². The molecule has 0 saturated heterocycles. The highest BCUT2D eigenvalue weighted by atomic mass is 19.4. The van der Waals surface area contributed by atoms with Crippen molar-refractivity contribution >= 4 is 0 Å². The third-order valence-corrected chi connectivity index (χ3v) is 3.70. The molecule has 2 rings (SSSR count). The average Bonchev–Trinajstić information content (AvgIpc) is 2.86. The first kappa shape index (κ1) is 14.3. The number of rotatable bonds is 3. The van der Waals surface area contributed by atoms with E-state index in [1.54, 1.807) is 0 Å². The van der Waals surface area contributed by atoms with Crippen molar-refractivity contribution in [2.75, 3.05) is 0 Å². The molecule has 1 aliphatic rings. The van der Waals surface area contributed by atoms with Crippen molar-refractivity contribution < 1.29 is 17.6 Å². The molecule has 4 nitrogen and oxygen atoms in total. The van der Waals surface area contributed by atoms with Crippen LogP contribution in [0.25, 0.3) is 0 Å². The molecule has 1 aliphatic carbocycles. The van der Waals surface area contributed by atoms with Crippen molar-refractivity contribution in [3.63, 3.8) is 0 Å². The van der Waals surface area contributed by atoms with Crippen LogP contribution in [0.1, 0.15) is 62.8 Å². The fraction of sp³-hybridized carbons (Fsp3) is 0.833. The summed E-state index contributed by atoms with van der Waals surface area (Å²) in [4.78, 5) is 0. The predicted octanol–water partition coefficient (Wildman–Crippen LogP) is 3.32. The number of alkyl halides is 3. The molecule has 3 atom stereocenters. The summed E-state index contributed by atoms with van der Waals surface area (Å²) in [5, 5.41) is 7.69. The molecule has 1 saturated carbocycles. The minimum absolute atomic E-state index is 0.0342. The average molecular weight is 277 g/mol. The molecule has 0 aliphatic heterocycles. The normalized spacial score (nSPS) is 26.4. The van der Waals surface area contributed by atoms with Crippen molar-refractivity contribution in [2.45, 2.75) is 57.2 Å². The highest BCUT2D eigenvalue weighted by Gasteiger charge is 2.43.